The summed E-state index contributed by atoms with van der Waals surface area (Å²) in [5.74, 6) is 0.930. The number of hydrogen-bond acceptors (Lipinski definition) is 4. The molecule has 3 nitrogen and oxygen atoms in total. The number of anilines is 1. The molecule has 3 rings (SSSR count). The predicted octanol–water partition coefficient (Wildman–Crippen LogP) is 5.08. The van der Waals surface area contributed by atoms with Crippen LogP contribution in [0.4, 0.5) is 5.13 Å². The number of fused-ring (bicyclic) bond motifs is 1. The average Bonchev–Trinajstić information content (AvgIpc) is 2.83. The van der Waals surface area contributed by atoms with Crippen LogP contribution >= 0.6 is 11.3 Å². The third-order valence-corrected chi connectivity index (χ3v) is 5.29. The molecule has 0 aliphatic heterocycles. The molecule has 1 N–H and O–H groups in total. The molecule has 21 heavy (non-hydrogen) atoms. The van der Waals surface area contributed by atoms with Crippen LogP contribution in [-0.2, 0) is 0 Å². The van der Waals surface area contributed by atoms with Crippen LogP contribution < -0.4 is 10.1 Å². The van der Waals surface area contributed by atoms with Crippen LogP contribution in [-0.4, -0.2) is 17.6 Å². The Morgan fingerprint density at radius 1 is 1.33 bits per heavy atom. The first-order chi connectivity index (χ1) is 10.1. The van der Waals surface area contributed by atoms with E-state index in [-0.39, 0.29) is 0 Å². The van der Waals surface area contributed by atoms with E-state index in [1.165, 1.54) is 30.4 Å². The minimum absolute atomic E-state index is 0.512. The van der Waals surface area contributed by atoms with Gasteiger partial charge in [-0.2, -0.15) is 0 Å². The fourth-order valence-electron chi connectivity index (χ4n) is 2.94. The Balaban J connectivity index is 1.70. The molecule has 0 spiro atoms. The second-order valence-electron chi connectivity index (χ2n) is 6.66. The zero-order chi connectivity index (χ0) is 14.9. The van der Waals surface area contributed by atoms with Gasteiger partial charge in [0.2, 0.25) is 0 Å². The standard InChI is InChI=1S/C17H24N2OS/c1-4-20-13-5-6-14-15(11-13)21-16(19-14)18-12-7-9-17(2,3)10-8-12/h5-6,11-12H,4,7-10H2,1-3H3,(H,18,19). The zero-order valence-electron chi connectivity index (χ0n) is 13.1. The van der Waals surface area contributed by atoms with Crippen LogP contribution in [0.15, 0.2) is 18.2 Å². The first kappa shape index (κ1) is 14.6. The highest BCUT2D eigenvalue weighted by Gasteiger charge is 2.27. The third-order valence-electron chi connectivity index (χ3n) is 4.34. The van der Waals surface area contributed by atoms with E-state index in [1.807, 2.05) is 19.1 Å². The summed E-state index contributed by atoms with van der Waals surface area (Å²) in [6, 6.07) is 6.71. The van der Waals surface area contributed by atoms with E-state index in [0.29, 0.717) is 18.1 Å². The second-order valence-corrected chi connectivity index (χ2v) is 7.70. The molecular formula is C17H24N2OS. The van der Waals surface area contributed by atoms with Crippen molar-refractivity contribution in [1.29, 1.82) is 0 Å². The first-order valence-corrected chi connectivity index (χ1v) is 8.67. The number of ether oxygens (including phenoxy) is 1. The molecule has 0 bridgehead atoms. The lowest BCUT2D eigenvalue weighted by Gasteiger charge is -2.34. The Bertz CT molecular complexity index is 610. The van der Waals surface area contributed by atoms with E-state index >= 15 is 0 Å². The molecule has 1 aliphatic carbocycles. The van der Waals surface area contributed by atoms with Gasteiger partial charge in [0.1, 0.15) is 5.75 Å². The summed E-state index contributed by atoms with van der Waals surface area (Å²) >= 11 is 1.73. The number of hydrogen-bond donors (Lipinski definition) is 1. The summed E-state index contributed by atoms with van der Waals surface area (Å²) in [6.07, 6.45) is 5.08. The molecule has 114 valence electrons. The lowest BCUT2D eigenvalue weighted by Crippen LogP contribution is -2.29. The SMILES string of the molecule is CCOc1ccc2nc(NC3CCC(C)(C)CC3)sc2c1. The summed E-state index contributed by atoms with van der Waals surface area (Å²) in [5.41, 5.74) is 1.57. The van der Waals surface area contributed by atoms with Gasteiger partial charge in [0.05, 0.1) is 16.8 Å². The average molecular weight is 304 g/mol. The molecule has 0 saturated heterocycles. The quantitative estimate of drug-likeness (QED) is 0.855. The molecular weight excluding hydrogens is 280 g/mol. The molecule has 1 saturated carbocycles. The van der Waals surface area contributed by atoms with Gasteiger partial charge < -0.3 is 10.1 Å². The molecule has 0 atom stereocenters. The van der Waals surface area contributed by atoms with Crippen molar-refractivity contribution in [3.05, 3.63) is 18.2 Å². The van der Waals surface area contributed by atoms with Crippen LogP contribution in [0.3, 0.4) is 0 Å². The number of aromatic nitrogens is 1. The molecule has 1 fully saturated rings. The molecule has 0 amide bonds. The second kappa shape index (κ2) is 5.84. The number of benzene rings is 1. The van der Waals surface area contributed by atoms with Crippen molar-refractivity contribution < 1.29 is 4.74 Å². The highest BCUT2D eigenvalue weighted by atomic mass is 32.1. The minimum atomic E-state index is 0.512. The van der Waals surface area contributed by atoms with Crippen molar-refractivity contribution in [3.63, 3.8) is 0 Å². The van der Waals surface area contributed by atoms with Crippen molar-refractivity contribution in [2.24, 2.45) is 5.41 Å². The van der Waals surface area contributed by atoms with E-state index in [2.05, 4.69) is 25.2 Å². The maximum Gasteiger partial charge on any atom is 0.184 e. The highest BCUT2D eigenvalue weighted by Crippen LogP contribution is 2.37. The van der Waals surface area contributed by atoms with Gasteiger partial charge in [-0.3, -0.25) is 0 Å². The Labute approximate surface area is 130 Å². The monoisotopic (exact) mass is 304 g/mol. The Hall–Kier alpha value is -1.29. The summed E-state index contributed by atoms with van der Waals surface area (Å²) in [7, 11) is 0. The lowest BCUT2D eigenvalue weighted by atomic mass is 9.76. The van der Waals surface area contributed by atoms with Crippen LogP contribution in [0.2, 0.25) is 0 Å². The summed E-state index contributed by atoms with van der Waals surface area (Å²) in [5, 5.41) is 4.67. The molecule has 1 aromatic carbocycles. The van der Waals surface area contributed by atoms with E-state index in [9.17, 15) is 0 Å². The predicted molar refractivity (Wildman–Crippen MR) is 90.4 cm³/mol. The molecule has 1 aliphatic rings. The lowest BCUT2D eigenvalue weighted by molar-refractivity contribution is 0.232. The molecule has 1 aromatic heterocycles. The molecule has 0 radical (unpaired) electrons. The molecule has 4 heteroatoms. The van der Waals surface area contributed by atoms with Gasteiger partial charge in [-0.15, -0.1) is 0 Å². The summed E-state index contributed by atoms with van der Waals surface area (Å²) in [6.45, 7) is 7.45. The maximum atomic E-state index is 5.55. The van der Waals surface area contributed by atoms with E-state index in [1.54, 1.807) is 11.3 Å². The fraction of sp³-hybridized carbons (Fsp3) is 0.588. The largest absolute Gasteiger partial charge is 0.494 e. The Morgan fingerprint density at radius 2 is 2.10 bits per heavy atom. The number of rotatable bonds is 4. The van der Waals surface area contributed by atoms with Crippen molar-refractivity contribution >= 4 is 26.7 Å². The van der Waals surface area contributed by atoms with Crippen LogP contribution in [0.25, 0.3) is 10.2 Å². The van der Waals surface area contributed by atoms with Gasteiger partial charge in [-0.1, -0.05) is 25.2 Å². The summed E-state index contributed by atoms with van der Waals surface area (Å²) in [4.78, 5) is 4.70. The highest BCUT2D eigenvalue weighted by molar-refractivity contribution is 7.22. The van der Waals surface area contributed by atoms with E-state index < -0.39 is 0 Å². The number of thiazole rings is 1. The van der Waals surface area contributed by atoms with Crippen molar-refractivity contribution in [2.75, 3.05) is 11.9 Å². The van der Waals surface area contributed by atoms with Crippen LogP contribution in [0.5, 0.6) is 5.75 Å². The molecule has 0 unspecified atom stereocenters. The van der Waals surface area contributed by atoms with Gasteiger partial charge in [0.15, 0.2) is 5.13 Å². The van der Waals surface area contributed by atoms with E-state index in [4.69, 9.17) is 9.72 Å². The van der Waals surface area contributed by atoms with Crippen LogP contribution in [0.1, 0.15) is 46.5 Å². The fourth-order valence-corrected chi connectivity index (χ4v) is 3.91. The molecule has 2 aromatic rings. The number of nitrogens with zero attached hydrogens (tertiary/aromatic N) is 1. The normalized spacial score (nSPS) is 18.8. The Morgan fingerprint density at radius 3 is 2.81 bits per heavy atom. The third kappa shape index (κ3) is 3.49. The van der Waals surface area contributed by atoms with Crippen LogP contribution in [0, 0.1) is 5.41 Å². The molecule has 1 heterocycles. The topological polar surface area (TPSA) is 34.1 Å². The first-order valence-electron chi connectivity index (χ1n) is 7.86. The number of nitrogens with one attached hydrogen (secondary N) is 1. The zero-order valence-corrected chi connectivity index (χ0v) is 13.9. The maximum absolute atomic E-state index is 5.55. The van der Waals surface area contributed by atoms with Crippen molar-refractivity contribution in [2.45, 2.75) is 52.5 Å². The van der Waals surface area contributed by atoms with Gasteiger partial charge in [0, 0.05) is 6.04 Å². The van der Waals surface area contributed by atoms with Gasteiger partial charge in [-0.05, 0) is 56.2 Å². The Kier molecular flexibility index (Phi) is 4.07. The van der Waals surface area contributed by atoms with E-state index in [0.717, 1.165) is 16.4 Å². The minimum Gasteiger partial charge on any atom is -0.494 e. The smallest absolute Gasteiger partial charge is 0.184 e. The summed E-state index contributed by atoms with van der Waals surface area (Å²) < 4.78 is 6.75. The van der Waals surface area contributed by atoms with Crippen molar-refractivity contribution in [1.82, 2.24) is 4.98 Å². The van der Waals surface area contributed by atoms with Gasteiger partial charge in [0.25, 0.3) is 0 Å². The van der Waals surface area contributed by atoms with Gasteiger partial charge >= 0.3 is 0 Å². The van der Waals surface area contributed by atoms with Gasteiger partial charge in [-0.25, -0.2) is 4.98 Å². The van der Waals surface area contributed by atoms with Crippen molar-refractivity contribution in [3.8, 4) is 5.75 Å².